The molecular formula is C7H4ClFO2. The van der Waals surface area contributed by atoms with Crippen LogP contribution in [0, 0.1) is 0 Å². The maximum absolute atomic E-state index is 12.4. The molecule has 1 aliphatic rings. The van der Waals surface area contributed by atoms with Gasteiger partial charge in [-0.05, 0) is 12.1 Å². The van der Waals surface area contributed by atoms with Crippen LogP contribution in [0.1, 0.15) is 0 Å². The molecule has 1 aromatic rings. The fourth-order valence-corrected chi connectivity index (χ4v) is 1.12. The topological polar surface area (TPSA) is 18.5 Å². The van der Waals surface area contributed by atoms with Gasteiger partial charge in [-0.15, -0.1) is 0 Å². The van der Waals surface area contributed by atoms with E-state index in [0.717, 1.165) is 0 Å². The van der Waals surface area contributed by atoms with Crippen LogP contribution >= 0.6 is 11.6 Å². The molecule has 0 fully saturated rings. The van der Waals surface area contributed by atoms with Crippen molar-refractivity contribution in [1.29, 1.82) is 0 Å². The van der Waals surface area contributed by atoms with Gasteiger partial charge in [-0.2, -0.15) is 4.39 Å². The second kappa shape index (κ2) is 2.27. The van der Waals surface area contributed by atoms with Crippen molar-refractivity contribution in [3.05, 3.63) is 23.2 Å². The predicted octanol–water partition coefficient (Wildman–Crippen LogP) is 2.36. The number of hydrogen-bond donors (Lipinski definition) is 0. The fraction of sp³-hybridized carbons (Fsp3) is 0.143. The van der Waals surface area contributed by atoms with E-state index in [4.69, 9.17) is 11.6 Å². The normalized spacial score (nSPS) is 20.4. The van der Waals surface area contributed by atoms with Crippen molar-refractivity contribution in [1.82, 2.24) is 0 Å². The predicted molar refractivity (Wildman–Crippen MR) is 37.6 cm³/mol. The molecule has 58 valence electrons. The number of benzene rings is 1. The lowest BCUT2D eigenvalue weighted by Crippen LogP contribution is -2.09. The molecule has 1 aliphatic heterocycles. The van der Waals surface area contributed by atoms with Crippen molar-refractivity contribution in [3.63, 3.8) is 0 Å². The van der Waals surface area contributed by atoms with Crippen molar-refractivity contribution >= 4 is 11.6 Å². The van der Waals surface area contributed by atoms with Gasteiger partial charge in [-0.25, -0.2) is 0 Å². The molecule has 0 saturated heterocycles. The maximum atomic E-state index is 12.4. The quantitative estimate of drug-likeness (QED) is 0.601. The highest BCUT2D eigenvalue weighted by Gasteiger charge is 2.24. The van der Waals surface area contributed by atoms with Gasteiger partial charge in [0.15, 0.2) is 11.5 Å². The molecule has 1 heterocycles. The zero-order valence-electron chi connectivity index (χ0n) is 5.38. The lowest BCUT2D eigenvalue weighted by Gasteiger charge is -1.96. The van der Waals surface area contributed by atoms with Gasteiger partial charge < -0.3 is 9.47 Å². The molecule has 4 heteroatoms. The summed E-state index contributed by atoms with van der Waals surface area (Å²) in [6.07, 6.45) is 0. The molecule has 0 spiro atoms. The number of halogens is 2. The van der Waals surface area contributed by atoms with E-state index in [1.54, 1.807) is 18.2 Å². The molecule has 0 aliphatic carbocycles. The first-order valence-electron chi connectivity index (χ1n) is 3.03. The Kier molecular flexibility index (Phi) is 1.39. The van der Waals surface area contributed by atoms with Gasteiger partial charge in [0.05, 0.1) is 5.02 Å². The van der Waals surface area contributed by atoms with Crippen molar-refractivity contribution in [2.24, 2.45) is 0 Å². The monoisotopic (exact) mass is 174 g/mol. The average molecular weight is 175 g/mol. The van der Waals surface area contributed by atoms with Crippen molar-refractivity contribution < 1.29 is 13.9 Å². The summed E-state index contributed by atoms with van der Waals surface area (Å²) < 4.78 is 21.6. The van der Waals surface area contributed by atoms with E-state index in [1.165, 1.54) is 0 Å². The van der Waals surface area contributed by atoms with E-state index < -0.39 is 6.54 Å². The molecule has 0 N–H and O–H groups in total. The number of ether oxygens (including phenoxy) is 2. The standard InChI is InChI=1S/C7H4ClFO2/c8-4-2-1-3-5-6(4)11-7(9)10-5/h1-3,7H. The zero-order valence-corrected chi connectivity index (χ0v) is 6.14. The lowest BCUT2D eigenvalue weighted by molar-refractivity contribution is -0.0651. The Morgan fingerprint density at radius 1 is 1.36 bits per heavy atom. The summed E-state index contributed by atoms with van der Waals surface area (Å²) in [4.78, 5) is 0. The van der Waals surface area contributed by atoms with Crippen LogP contribution < -0.4 is 9.47 Å². The highest BCUT2D eigenvalue weighted by Crippen LogP contribution is 2.40. The van der Waals surface area contributed by atoms with Crippen LogP contribution in [0.25, 0.3) is 0 Å². The number of fused-ring (bicyclic) bond motifs is 1. The maximum Gasteiger partial charge on any atom is 0.397 e. The molecule has 11 heavy (non-hydrogen) atoms. The van der Waals surface area contributed by atoms with Gasteiger partial charge in [0.1, 0.15) is 0 Å². The van der Waals surface area contributed by atoms with E-state index in [0.29, 0.717) is 10.8 Å². The Bertz CT molecular complexity index is 290. The molecule has 0 bridgehead atoms. The molecule has 0 amide bonds. The molecule has 2 nitrogen and oxygen atoms in total. The summed E-state index contributed by atoms with van der Waals surface area (Å²) in [5, 5.41) is 0.364. The van der Waals surface area contributed by atoms with E-state index in [2.05, 4.69) is 9.47 Å². The van der Waals surface area contributed by atoms with Crippen LogP contribution in [0.15, 0.2) is 18.2 Å². The van der Waals surface area contributed by atoms with Crippen molar-refractivity contribution in [2.75, 3.05) is 0 Å². The Hall–Kier alpha value is -0.960. The highest BCUT2D eigenvalue weighted by atomic mass is 35.5. The molecule has 1 atom stereocenters. The lowest BCUT2D eigenvalue weighted by atomic mass is 10.3. The van der Waals surface area contributed by atoms with Crippen LogP contribution in [-0.2, 0) is 0 Å². The SMILES string of the molecule is FC1Oc2cccc(Cl)c2O1. The third-order valence-electron chi connectivity index (χ3n) is 1.36. The van der Waals surface area contributed by atoms with Crippen LogP contribution in [0.4, 0.5) is 4.39 Å². The summed E-state index contributed by atoms with van der Waals surface area (Å²) in [6.45, 7) is -1.72. The largest absolute Gasteiger partial charge is 0.425 e. The first-order chi connectivity index (χ1) is 5.27. The van der Waals surface area contributed by atoms with Crippen LogP contribution in [0.3, 0.4) is 0 Å². The Balaban J connectivity index is 2.49. The second-order valence-electron chi connectivity index (χ2n) is 2.08. The Morgan fingerprint density at radius 3 is 2.91 bits per heavy atom. The third-order valence-corrected chi connectivity index (χ3v) is 1.66. The number of para-hydroxylation sites is 1. The van der Waals surface area contributed by atoms with Gasteiger partial charge >= 0.3 is 6.54 Å². The number of alkyl halides is 1. The zero-order chi connectivity index (χ0) is 7.84. The first kappa shape index (κ1) is 6.73. The molecule has 0 saturated carbocycles. The third kappa shape index (κ3) is 1.01. The van der Waals surface area contributed by atoms with E-state index in [-0.39, 0.29) is 5.75 Å². The molecule has 1 unspecified atom stereocenters. The number of hydrogen-bond acceptors (Lipinski definition) is 2. The molecule has 0 aromatic heterocycles. The number of rotatable bonds is 0. The molecule has 1 aromatic carbocycles. The Labute approximate surface area is 67.5 Å². The van der Waals surface area contributed by atoms with Crippen LogP contribution in [-0.4, -0.2) is 6.54 Å². The van der Waals surface area contributed by atoms with Crippen molar-refractivity contribution in [2.45, 2.75) is 6.54 Å². The van der Waals surface area contributed by atoms with E-state index in [1.807, 2.05) is 0 Å². The first-order valence-corrected chi connectivity index (χ1v) is 3.41. The highest BCUT2D eigenvalue weighted by molar-refractivity contribution is 6.32. The summed E-state index contributed by atoms with van der Waals surface area (Å²) >= 11 is 5.66. The van der Waals surface area contributed by atoms with Crippen molar-refractivity contribution in [3.8, 4) is 11.5 Å². The van der Waals surface area contributed by atoms with Gasteiger partial charge in [-0.1, -0.05) is 17.7 Å². The van der Waals surface area contributed by atoms with Gasteiger partial charge in [0.25, 0.3) is 0 Å². The van der Waals surface area contributed by atoms with Gasteiger partial charge in [0, 0.05) is 0 Å². The Morgan fingerprint density at radius 2 is 2.18 bits per heavy atom. The smallest absolute Gasteiger partial charge is 0.397 e. The minimum atomic E-state index is -1.72. The molecule has 0 radical (unpaired) electrons. The minimum absolute atomic E-state index is 0.279. The molecular weight excluding hydrogens is 171 g/mol. The van der Waals surface area contributed by atoms with Gasteiger partial charge in [0.2, 0.25) is 0 Å². The second-order valence-corrected chi connectivity index (χ2v) is 2.48. The van der Waals surface area contributed by atoms with E-state index in [9.17, 15) is 4.39 Å². The summed E-state index contributed by atoms with van der Waals surface area (Å²) in [7, 11) is 0. The van der Waals surface area contributed by atoms with Crippen LogP contribution in [0.2, 0.25) is 5.02 Å². The summed E-state index contributed by atoms with van der Waals surface area (Å²) in [6, 6.07) is 4.88. The fourth-order valence-electron chi connectivity index (χ4n) is 0.913. The summed E-state index contributed by atoms with van der Waals surface area (Å²) in [5.74, 6) is 0.631. The molecule has 2 rings (SSSR count). The average Bonchev–Trinajstić information content (AvgIpc) is 2.31. The minimum Gasteiger partial charge on any atom is -0.425 e. The van der Waals surface area contributed by atoms with Crippen LogP contribution in [0.5, 0.6) is 11.5 Å². The van der Waals surface area contributed by atoms with Gasteiger partial charge in [-0.3, -0.25) is 0 Å². The van der Waals surface area contributed by atoms with E-state index >= 15 is 0 Å². The summed E-state index contributed by atoms with van der Waals surface area (Å²) in [5.41, 5.74) is 0.